The van der Waals surface area contributed by atoms with E-state index in [1.54, 1.807) is 0 Å². The molecule has 4 rings (SSSR count). The maximum Gasteiger partial charge on any atom is 0.417 e. The standard InChI is InChI=1S/C20H19F3N6O/c21-20(22,23)13-6-14-15(10-26-17(14)25-9-13)16-12(7-24)8-27-18(29-16)28-11-19(30)4-2-1-3-5-19/h6,8-10,30H,1-5,11H2,(H,25,26)(H,27,28,29). The van der Waals surface area contributed by atoms with E-state index in [0.717, 1.165) is 31.5 Å². The third-order valence-corrected chi connectivity index (χ3v) is 5.38. The highest BCUT2D eigenvalue weighted by atomic mass is 19.4. The molecule has 0 amide bonds. The Morgan fingerprint density at radius 2 is 1.97 bits per heavy atom. The fourth-order valence-corrected chi connectivity index (χ4v) is 3.74. The van der Waals surface area contributed by atoms with Crippen molar-refractivity contribution in [1.29, 1.82) is 5.26 Å². The molecule has 1 saturated carbocycles. The Morgan fingerprint density at radius 1 is 1.20 bits per heavy atom. The summed E-state index contributed by atoms with van der Waals surface area (Å²) in [7, 11) is 0. The number of fused-ring (bicyclic) bond motifs is 1. The van der Waals surface area contributed by atoms with Gasteiger partial charge < -0.3 is 15.4 Å². The number of rotatable bonds is 4. The van der Waals surface area contributed by atoms with E-state index in [1.807, 2.05) is 6.07 Å². The minimum absolute atomic E-state index is 0.121. The lowest BCUT2D eigenvalue weighted by molar-refractivity contribution is -0.137. The van der Waals surface area contributed by atoms with Gasteiger partial charge in [0.25, 0.3) is 0 Å². The molecule has 1 aliphatic carbocycles. The Labute approximate surface area is 170 Å². The van der Waals surface area contributed by atoms with Gasteiger partial charge in [-0.3, -0.25) is 0 Å². The molecule has 0 aromatic carbocycles. The molecule has 0 atom stereocenters. The van der Waals surface area contributed by atoms with Crippen molar-refractivity contribution in [2.45, 2.75) is 43.9 Å². The van der Waals surface area contributed by atoms with Crippen molar-refractivity contribution >= 4 is 17.0 Å². The Kier molecular flexibility index (Phi) is 5.07. The summed E-state index contributed by atoms with van der Waals surface area (Å²) in [5.74, 6) is 0.192. The number of aromatic nitrogens is 4. The van der Waals surface area contributed by atoms with Gasteiger partial charge in [-0.05, 0) is 18.9 Å². The van der Waals surface area contributed by atoms with Crippen LogP contribution in [0, 0.1) is 11.3 Å². The van der Waals surface area contributed by atoms with Crippen LogP contribution in [-0.4, -0.2) is 37.2 Å². The topological polar surface area (TPSA) is 111 Å². The number of anilines is 1. The molecule has 10 heteroatoms. The van der Waals surface area contributed by atoms with Crippen LogP contribution in [0.2, 0.25) is 0 Å². The lowest BCUT2D eigenvalue weighted by Crippen LogP contribution is -2.39. The van der Waals surface area contributed by atoms with E-state index in [-0.39, 0.29) is 34.8 Å². The molecule has 30 heavy (non-hydrogen) atoms. The molecule has 156 valence electrons. The molecule has 3 aromatic heterocycles. The fraction of sp³-hybridized carbons (Fsp3) is 0.400. The van der Waals surface area contributed by atoms with Crippen molar-refractivity contribution in [2.75, 3.05) is 11.9 Å². The number of alkyl halides is 3. The van der Waals surface area contributed by atoms with Crippen LogP contribution in [0.4, 0.5) is 19.1 Å². The number of nitrogens with one attached hydrogen (secondary N) is 2. The van der Waals surface area contributed by atoms with Gasteiger partial charge in [0.1, 0.15) is 11.7 Å². The van der Waals surface area contributed by atoms with Crippen LogP contribution >= 0.6 is 0 Å². The highest BCUT2D eigenvalue weighted by Gasteiger charge is 2.32. The van der Waals surface area contributed by atoms with Gasteiger partial charge in [0.15, 0.2) is 0 Å². The van der Waals surface area contributed by atoms with Gasteiger partial charge in [0.2, 0.25) is 5.95 Å². The quantitative estimate of drug-likeness (QED) is 0.593. The first-order valence-electron chi connectivity index (χ1n) is 9.57. The van der Waals surface area contributed by atoms with E-state index in [1.165, 1.54) is 12.4 Å². The molecular formula is C20H19F3N6O. The third kappa shape index (κ3) is 3.93. The van der Waals surface area contributed by atoms with Gasteiger partial charge in [-0.1, -0.05) is 19.3 Å². The number of aromatic amines is 1. The Bertz CT molecular complexity index is 1110. The van der Waals surface area contributed by atoms with Crippen LogP contribution in [-0.2, 0) is 6.18 Å². The van der Waals surface area contributed by atoms with Gasteiger partial charge in [-0.25, -0.2) is 15.0 Å². The minimum Gasteiger partial charge on any atom is -0.388 e. The van der Waals surface area contributed by atoms with Crippen LogP contribution in [0.25, 0.3) is 22.3 Å². The zero-order valence-electron chi connectivity index (χ0n) is 15.9. The molecule has 3 heterocycles. The zero-order chi connectivity index (χ0) is 21.4. The Hall–Kier alpha value is -3.19. The van der Waals surface area contributed by atoms with E-state index >= 15 is 0 Å². The molecule has 0 unspecified atom stereocenters. The first-order chi connectivity index (χ1) is 14.3. The molecule has 0 radical (unpaired) electrons. The lowest BCUT2D eigenvalue weighted by atomic mass is 9.85. The summed E-state index contributed by atoms with van der Waals surface area (Å²) < 4.78 is 39.4. The predicted octanol–water partition coefficient (Wildman–Crippen LogP) is 4.02. The zero-order valence-corrected chi connectivity index (χ0v) is 15.9. The van der Waals surface area contributed by atoms with Crippen molar-refractivity contribution in [3.63, 3.8) is 0 Å². The molecule has 0 saturated heterocycles. The van der Waals surface area contributed by atoms with Crippen molar-refractivity contribution in [3.8, 4) is 17.3 Å². The number of hydrogen-bond acceptors (Lipinski definition) is 6. The number of hydrogen-bond donors (Lipinski definition) is 3. The van der Waals surface area contributed by atoms with Crippen LogP contribution in [0.5, 0.6) is 0 Å². The van der Waals surface area contributed by atoms with E-state index in [0.29, 0.717) is 18.4 Å². The van der Waals surface area contributed by atoms with Crippen molar-refractivity contribution in [3.05, 3.63) is 35.8 Å². The normalized spacial score (nSPS) is 16.4. The molecule has 0 bridgehead atoms. The summed E-state index contributed by atoms with van der Waals surface area (Å²) in [6, 6.07) is 2.96. The maximum absolute atomic E-state index is 13.1. The smallest absolute Gasteiger partial charge is 0.388 e. The molecule has 1 aliphatic rings. The second kappa shape index (κ2) is 7.57. The summed E-state index contributed by atoms with van der Waals surface area (Å²) >= 11 is 0. The minimum atomic E-state index is -4.54. The molecule has 3 N–H and O–H groups in total. The highest BCUT2D eigenvalue weighted by molar-refractivity contribution is 5.94. The van der Waals surface area contributed by atoms with Crippen molar-refractivity contribution in [2.24, 2.45) is 0 Å². The number of nitriles is 1. The second-order valence-electron chi connectivity index (χ2n) is 7.53. The first kappa shape index (κ1) is 20.1. The summed E-state index contributed by atoms with van der Waals surface area (Å²) in [4.78, 5) is 15.1. The Morgan fingerprint density at radius 3 is 2.67 bits per heavy atom. The third-order valence-electron chi connectivity index (χ3n) is 5.38. The molecule has 1 fully saturated rings. The second-order valence-corrected chi connectivity index (χ2v) is 7.53. The van der Waals surface area contributed by atoms with E-state index < -0.39 is 17.3 Å². The monoisotopic (exact) mass is 416 g/mol. The van der Waals surface area contributed by atoms with Crippen LogP contribution < -0.4 is 5.32 Å². The van der Waals surface area contributed by atoms with Gasteiger partial charge in [-0.2, -0.15) is 18.4 Å². The van der Waals surface area contributed by atoms with E-state index in [9.17, 15) is 23.5 Å². The Balaban J connectivity index is 1.70. The lowest BCUT2D eigenvalue weighted by Gasteiger charge is -2.32. The predicted molar refractivity (Wildman–Crippen MR) is 103 cm³/mol. The number of H-pyrrole nitrogens is 1. The number of nitrogens with zero attached hydrogens (tertiary/aromatic N) is 4. The van der Waals surface area contributed by atoms with Crippen molar-refractivity contribution in [1.82, 2.24) is 19.9 Å². The molecule has 0 aliphatic heterocycles. The van der Waals surface area contributed by atoms with E-state index in [2.05, 4.69) is 25.3 Å². The summed E-state index contributed by atoms with van der Waals surface area (Å²) in [5, 5.41) is 23.3. The fourth-order valence-electron chi connectivity index (χ4n) is 3.74. The highest BCUT2D eigenvalue weighted by Crippen LogP contribution is 2.35. The van der Waals surface area contributed by atoms with Crippen LogP contribution in [0.15, 0.2) is 24.7 Å². The van der Waals surface area contributed by atoms with Gasteiger partial charge >= 0.3 is 6.18 Å². The molecule has 3 aromatic rings. The van der Waals surface area contributed by atoms with Crippen LogP contribution in [0.3, 0.4) is 0 Å². The number of pyridine rings is 1. The maximum atomic E-state index is 13.1. The number of aliphatic hydroxyl groups is 1. The first-order valence-corrected chi connectivity index (χ1v) is 9.57. The van der Waals surface area contributed by atoms with Gasteiger partial charge in [0, 0.05) is 29.9 Å². The molecular weight excluding hydrogens is 397 g/mol. The molecule has 0 spiro atoms. The van der Waals surface area contributed by atoms with Gasteiger partial charge in [0.05, 0.1) is 28.6 Å². The average Bonchev–Trinajstić information content (AvgIpc) is 3.15. The molecule has 7 nitrogen and oxygen atoms in total. The SMILES string of the molecule is N#Cc1cnc(NCC2(O)CCCCC2)nc1-c1c[nH]c2ncc(C(F)(F)F)cc12. The number of halogens is 3. The van der Waals surface area contributed by atoms with Crippen molar-refractivity contribution < 1.29 is 18.3 Å². The van der Waals surface area contributed by atoms with Crippen LogP contribution in [0.1, 0.15) is 43.2 Å². The average molecular weight is 416 g/mol. The largest absolute Gasteiger partial charge is 0.417 e. The summed E-state index contributed by atoms with van der Waals surface area (Å²) in [5.41, 5.74) is -0.842. The van der Waals surface area contributed by atoms with Gasteiger partial charge in [-0.15, -0.1) is 0 Å². The summed E-state index contributed by atoms with van der Waals surface area (Å²) in [6.45, 7) is 0.256. The van der Waals surface area contributed by atoms with E-state index in [4.69, 9.17) is 0 Å². The summed E-state index contributed by atoms with van der Waals surface area (Å²) in [6.07, 6.45) is 3.34.